The number of aromatic nitrogens is 5. The quantitative estimate of drug-likeness (QED) is 0.410. The number of hydrogen-bond acceptors (Lipinski definition) is 7. The van der Waals surface area contributed by atoms with E-state index in [9.17, 15) is 4.79 Å². The zero-order valence-electron chi connectivity index (χ0n) is 14.7. The lowest BCUT2D eigenvalue weighted by atomic mass is 10.2. The molecule has 136 valence electrons. The van der Waals surface area contributed by atoms with E-state index in [1.165, 1.54) is 22.2 Å². The van der Waals surface area contributed by atoms with Crippen molar-refractivity contribution in [3.63, 3.8) is 0 Å². The van der Waals surface area contributed by atoms with Crippen LogP contribution in [0.15, 0.2) is 48.1 Å². The molecule has 0 bridgehead atoms. The Labute approximate surface area is 163 Å². The Morgan fingerprint density at radius 2 is 2.15 bits per heavy atom. The molecule has 0 radical (unpaired) electrons. The Morgan fingerprint density at radius 3 is 2.89 bits per heavy atom. The van der Waals surface area contributed by atoms with Crippen LogP contribution < -0.4 is 5.32 Å². The van der Waals surface area contributed by atoms with Crippen molar-refractivity contribution in [2.75, 3.05) is 11.1 Å². The van der Waals surface area contributed by atoms with Crippen LogP contribution in [-0.2, 0) is 4.79 Å². The van der Waals surface area contributed by atoms with E-state index in [0.29, 0.717) is 11.5 Å². The number of hydrogen-bond donors (Lipinski definition) is 1. The Hall–Kier alpha value is -2.78. The number of rotatable bonds is 5. The molecule has 4 aromatic rings. The summed E-state index contributed by atoms with van der Waals surface area (Å²) in [6.07, 6.45) is 6.67. The average molecular weight is 397 g/mol. The van der Waals surface area contributed by atoms with E-state index in [1.54, 1.807) is 40.8 Å². The number of carbonyl (C=O) groups is 1. The molecule has 0 aromatic carbocycles. The zero-order chi connectivity index (χ0) is 18.8. The molecule has 1 N–H and O–H groups in total. The maximum absolute atomic E-state index is 12.3. The molecule has 0 aliphatic heterocycles. The monoisotopic (exact) mass is 396 g/mol. The number of thioether (sulfide) groups is 1. The Bertz CT molecular complexity index is 1090. The molecule has 0 aliphatic rings. The molecule has 4 rings (SSSR count). The van der Waals surface area contributed by atoms with Gasteiger partial charge in [0.1, 0.15) is 16.2 Å². The average Bonchev–Trinajstić information content (AvgIpc) is 3.30. The van der Waals surface area contributed by atoms with Gasteiger partial charge < -0.3 is 5.32 Å². The molecule has 0 unspecified atom stereocenters. The van der Waals surface area contributed by atoms with Crippen LogP contribution >= 0.6 is 23.1 Å². The van der Waals surface area contributed by atoms with Crippen molar-refractivity contribution < 1.29 is 4.79 Å². The molecule has 9 heteroatoms. The first-order valence-corrected chi connectivity index (χ1v) is 10.0. The molecule has 0 saturated carbocycles. The molecule has 4 aromatic heterocycles. The highest BCUT2D eigenvalue weighted by atomic mass is 32.2. The van der Waals surface area contributed by atoms with Gasteiger partial charge in [0.25, 0.3) is 0 Å². The van der Waals surface area contributed by atoms with Gasteiger partial charge in [-0.15, -0.1) is 11.3 Å². The predicted octanol–water partition coefficient (Wildman–Crippen LogP) is 3.62. The van der Waals surface area contributed by atoms with Gasteiger partial charge in [-0.3, -0.25) is 4.79 Å². The van der Waals surface area contributed by atoms with Gasteiger partial charge in [0, 0.05) is 22.7 Å². The molecule has 0 aliphatic carbocycles. The summed E-state index contributed by atoms with van der Waals surface area (Å²) in [6.45, 7) is 4.14. The molecule has 0 atom stereocenters. The van der Waals surface area contributed by atoms with Crippen LogP contribution in [0.5, 0.6) is 0 Å². The summed E-state index contributed by atoms with van der Waals surface area (Å²) in [7, 11) is 0. The van der Waals surface area contributed by atoms with Gasteiger partial charge in [0.2, 0.25) is 5.91 Å². The first-order valence-electron chi connectivity index (χ1n) is 8.21. The number of nitrogens with one attached hydrogen (secondary N) is 1. The lowest BCUT2D eigenvalue weighted by Crippen LogP contribution is -2.14. The van der Waals surface area contributed by atoms with Crippen molar-refractivity contribution in [2.24, 2.45) is 0 Å². The van der Waals surface area contributed by atoms with Crippen LogP contribution in [0.2, 0.25) is 0 Å². The summed E-state index contributed by atoms with van der Waals surface area (Å²) in [6, 6.07) is 5.44. The van der Waals surface area contributed by atoms with Crippen molar-refractivity contribution >= 4 is 44.9 Å². The molecular formula is C18H16N6OS2. The number of amides is 1. The summed E-state index contributed by atoms with van der Waals surface area (Å²) < 4.78 is 1.66. The van der Waals surface area contributed by atoms with E-state index in [4.69, 9.17) is 0 Å². The topological polar surface area (TPSA) is 85.6 Å². The normalized spacial score (nSPS) is 11.0. The summed E-state index contributed by atoms with van der Waals surface area (Å²) in [5.41, 5.74) is 1.82. The third kappa shape index (κ3) is 3.69. The number of thiophene rings is 1. The molecule has 1 amide bonds. The Kier molecular flexibility index (Phi) is 4.87. The highest BCUT2D eigenvalue weighted by Gasteiger charge is 2.14. The number of pyridine rings is 1. The first-order chi connectivity index (χ1) is 13.1. The molecule has 7 nitrogen and oxygen atoms in total. The van der Waals surface area contributed by atoms with Gasteiger partial charge in [0.15, 0.2) is 5.82 Å². The molecule has 0 fully saturated rings. The summed E-state index contributed by atoms with van der Waals surface area (Å²) in [4.78, 5) is 27.5. The number of aryl methyl sites for hydroxylation is 2. The van der Waals surface area contributed by atoms with Crippen LogP contribution in [0, 0.1) is 13.8 Å². The SMILES string of the molecule is Cc1sc2ncnc(SCC(=O)Nc3ccc(-n4cccn4)nc3)c2c1C. The third-order valence-corrected chi connectivity index (χ3v) is 6.15. The van der Waals surface area contributed by atoms with Gasteiger partial charge in [-0.05, 0) is 37.6 Å². The molecular weight excluding hydrogens is 380 g/mol. The highest BCUT2D eigenvalue weighted by molar-refractivity contribution is 8.00. The van der Waals surface area contributed by atoms with E-state index in [2.05, 4.69) is 39.2 Å². The fourth-order valence-electron chi connectivity index (χ4n) is 2.59. The van der Waals surface area contributed by atoms with E-state index in [0.717, 1.165) is 15.2 Å². The Morgan fingerprint density at radius 1 is 1.26 bits per heavy atom. The number of anilines is 1. The number of nitrogens with zero attached hydrogens (tertiary/aromatic N) is 5. The Balaban J connectivity index is 1.42. The maximum Gasteiger partial charge on any atom is 0.234 e. The van der Waals surface area contributed by atoms with E-state index >= 15 is 0 Å². The van der Waals surface area contributed by atoms with Gasteiger partial charge in [0.05, 0.1) is 17.6 Å². The minimum Gasteiger partial charge on any atom is -0.324 e. The minimum atomic E-state index is -0.106. The van der Waals surface area contributed by atoms with Crippen LogP contribution in [-0.4, -0.2) is 36.4 Å². The maximum atomic E-state index is 12.3. The second-order valence-corrected chi connectivity index (χ2v) is 8.00. The van der Waals surface area contributed by atoms with Gasteiger partial charge >= 0.3 is 0 Å². The standard InChI is InChI=1S/C18H16N6OS2/c1-11-12(2)27-18-16(11)17(20-10-21-18)26-9-15(25)23-13-4-5-14(19-8-13)24-7-3-6-22-24/h3-8,10H,9H2,1-2H3,(H,23,25). The largest absolute Gasteiger partial charge is 0.324 e. The van der Waals surface area contributed by atoms with Crippen LogP contribution in [0.4, 0.5) is 5.69 Å². The fourth-order valence-corrected chi connectivity index (χ4v) is 4.51. The molecule has 0 saturated heterocycles. The van der Waals surface area contributed by atoms with Gasteiger partial charge in [-0.2, -0.15) is 5.10 Å². The molecule has 27 heavy (non-hydrogen) atoms. The van der Waals surface area contributed by atoms with Crippen molar-refractivity contribution in [2.45, 2.75) is 18.9 Å². The zero-order valence-corrected chi connectivity index (χ0v) is 16.3. The van der Waals surface area contributed by atoms with E-state index in [-0.39, 0.29) is 11.7 Å². The van der Waals surface area contributed by atoms with Gasteiger partial charge in [-0.1, -0.05) is 11.8 Å². The van der Waals surface area contributed by atoms with Crippen molar-refractivity contribution in [1.29, 1.82) is 0 Å². The van der Waals surface area contributed by atoms with Crippen molar-refractivity contribution in [1.82, 2.24) is 24.7 Å². The number of carbonyl (C=O) groups excluding carboxylic acids is 1. The molecule has 4 heterocycles. The summed E-state index contributed by atoms with van der Waals surface area (Å²) in [5.74, 6) is 0.852. The summed E-state index contributed by atoms with van der Waals surface area (Å²) in [5, 5.41) is 8.87. The molecule has 0 spiro atoms. The lowest BCUT2D eigenvalue weighted by Gasteiger charge is -2.06. The van der Waals surface area contributed by atoms with E-state index in [1.807, 2.05) is 18.3 Å². The summed E-state index contributed by atoms with van der Waals surface area (Å²) >= 11 is 3.06. The van der Waals surface area contributed by atoms with Crippen LogP contribution in [0.3, 0.4) is 0 Å². The second-order valence-electron chi connectivity index (χ2n) is 5.83. The fraction of sp³-hybridized carbons (Fsp3) is 0.167. The lowest BCUT2D eigenvalue weighted by molar-refractivity contribution is -0.113. The number of fused-ring (bicyclic) bond motifs is 1. The van der Waals surface area contributed by atoms with Crippen LogP contribution in [0.25, 0.3) is 16.0 Å². The minimum absolute atomic E-state index is 0.106. The van der Waals surface area contributed by atoms with Crippen LogP contribution in [0.1, 0.15) is 10.4 Å². The van der Waals surface area contributed by atoms with Crippen molar-refractivity contribution in [3.05, 3.63) is 53.6 Å². The predicted molar refractivity (Wildman–Crippen MR) is 108 cm³/mol. The highest BCUT2D eigenvalue weighted by Crippen LogP contribution is 2.34. The van der Waals surface area contributed by atoms with Crippen molar-refractivity contribution in [3.8, 4) is 5.82 Å². The second kappa shape index (κ2) is 7.45. The van der Waals surface area contributed by atoms with E-state index < -0.39 is 0 Å². The van der Waals surface area contributed by atoms with Gasteiger partial charge in [-0.25, -0.2) is 19.6 Å². The first kappa shape index (κ1) is 17.6. The smallest absolute Gasteiger partial charge is 0.234 e. The third-order valence-electron chi connectivity index (χ3n) is 4.04.